The SMILES string of the molecule is CCCCCCCCCCCC(=O)N[C@@H](Cc1ccc2c(c1)OC(C)(C)O2)C(=O)O. The van der Waals surface area contributed by atoms with Crippen molar-refractivity contribution < 1.29 is 24.2 Å². The van der Waals surface area contributed by atoms with Crippen molar-refractivity contribution in [3.05, 3.63) is 23.8 Å². The highest BCUT2D eigenvalue weighted by atomic mass is 16.7. The maximum absolute atomic E-state index is 12.2. The fourth-order valence-corrected chi connectivity index (χ4v) is 3.69. The third-order valence-corrected chi connectivity index (χ3v) is 5.30. The molecule has 1 aromatic rings. The van der Waals surface area contributed by atoms with Crippen LogP contribution < -0.4 is 14.8 Å². The largest absolute Gasteiger partial charge is 0.480 e. The zero-order chi connectivity index (χ0) is 22.0. The van der Waals surface area contributed by atoms with Crippen molar-refractivity contribution in [2.75, 3.05) is 0 Å². The molecule has 1 aliphatic heterocycles. The van der Waals surface area contributed by atoms with Gasteiger partial charge >= 0.3 is 5.97 Å². The van der Waals surface area contributed by atoms with Crippen LogP contribution in [0.25, 0.3) is 0 Å². The van der Waals surface area contributed by atoms with Gasteiger partial charge in [0.1, 0.15) is 6.04 Å². The van der Waals surface area contributed by atoms with Gasteiger partial charge in [-0.2, -0.15) is 0 Å². The van der Waals surface area contributed by atoms with Crippen LogP contribution in [0.5, 0.6) is 11.5 Å². The van der Waals surface area contributed by atoms with Crippen LogP contribution in [0.4, 0.5) is 0 Å². The summed E-state index contributed by atoms with van der Waals surface area (Å²) in [5, 5.41) is 12.2. The van der Waals surface area contributed by atoms with Crippen LogP contribution in [0.1, 0.15) is 90.5 Å². The molecule has 0 saturated carbocycles. The minimum absolute atomic E-state index is 0.202. The summed E-state index contributed by atoms with van der Waals surface area (Å²) >= 11 is 0. The molecule has 0 saturated heterocycles. The van der Waals surface area contributed by atoms with Gasteiger partial charge in [-0.25, -0.2) is 4.79 Å². The van der Waals surface area contributed by atoms with Crippen molar-refractivity contribution >= 4 is 11.9 Å². The molecule has 6 heteroatoms. The molecule has 1 heterocycles. The number of amides is 1. The van der Waals surface area contributed by atoms with Gasteiger partial charge in [0.05, 0.1) is 0 Å². The van der Waals surface area contributed by atoms with Gasteiger partial charge in [-0.15, -0.1) is 0 Å². The number of nitrogens with one attached hydrogen (secondary N) is 1. The molecule has 0 fully saturated rings. The molecule has 2 rings (SSSR count). The fourth-order valence-electron chi connectivity index (χ4n) is 3.69. The van der Waals surface area contributed by atoms with Crippen LogP contribution in [-0.4, -0.2) is 28.8 Å². The summed E-state index contributed by atoms with van der Waals surface area (Å²) in [6.45, 7) is 5.86. The number of ether oxygens (including phenoxy) is 2. The van der Waals surface area contributed by atoms with Crippen LogP contribution in [0.3, 0.4) is 0 Å². The van der Waals surface area contributed by atoms with Crippen LogP contribution in [0.2, 0.25) is 0 Å². The van der Waals surface area contributed by atoms with E-state index in [4.69, 9.17) is 9.47 Å². The minimum atomic E-state index is -1.03. The second kappa shape index (κ2) is 11.8. The first kappa shape index (κ1) is 24.0. The molecule has 1 aromatic carbocycles. The van der Waals surface area contributed by atoms with E-state index in [2.05, 4.69) is 12.2 Å². The number of carboxylic acid groups (broad SMARTS) is 1. The maximum atomic E-state index is 12.2. The van der Waals surface area contributed by atoms with Crippen LogP contribution in [0, 0.1) is 0 Å². The van der Waals surface area contributed by atoms with E-state index in [1.807, 2.05) is 19.9 Å². The third kappa shape index (κ3) is 8.25. The number of carbonyl (C=O) groups excluding carboxylic acids is 1. The van der Waals surface area contributed by atoms with Crippen LogP contribution >= 0.6 is 0 Å². The van der Waals surface area contributed by atoms with E-state index in [0.29, 0.717) is 17.9 Å². The van der Waals surface area contributed by atoms with Gasteiger partial charge in [0.25, 0.3) is 0 Å². The van der Waals surface area contributed by atoms with Crippen molar-refractivity contribution in [3.8, 4) is 11.5 Å². The number of hydrogen-bond acceptors (Lipinski definition) is 4. The Morgan fingerprint density at radius 3 is 2.20 bits per heavy atom. The van der Waals surface area contributed by atoms with Gasteiger partial charge in [-0.05, 0) is 24.1 Å². The lowest BCUT2D eigenvalue weighted by atomic mass is 10.0. The number of benzene rings is 1. The molecule has 1 aliphatic rings. The Labute approximate surface area is 180 Å². The van der Waals surface area contributed by atoms with Gasteiger partial charge in [-0.1, -0.05) is 64.4 Å². The second-order valence-electron chi connectivity index (χ2n) is 8.63. The van der Waals surface area contributed by atoms with Gasteiger partial charge in [0.15, 0.2) is 11.5 Å². The van der Waals surface area contributed by atoms with Crippen molar-refractivity contribution in [1.29, 1.82) is 0 Å². The first-order chi connectivity index (χ1) is 14.3. The van der Waals surface area contributed by atoms with Gasteiger partial charge < -0.3 is 19.9 Å². The molecular weight excluding hydrogens is 382 g/mol. The molecule has 0 aromatic heterocycles. The average Bonchev–Trinajstić information content (AvgIpc) is 2.99. The summed E-state index contributed by atoms with van der Waals surface area (Å²) in [5.74, 6) is -0.718. The summed E-state index contributed by atoms with van der Waals surface area (Å²) in [5.41, 5.74) is 0.783. The Balaban J connectivity index is 1.70. The molecule has 0 aliphatic carbocycles. The monoisotopic (exact) mass is 419 g/mol. The average molecular weight is 420 g/mol. The number of carboxylic acids is 1. The Morgan fingerprint density at radius 2 is 1.57 bits per heavy atom. The molecule has 0 bridgehead atoms. The molecule has 0 unspecified atom stereocenters. The normalized spacial score (nSPS) is 15.0. The second-order valence-corrected chi connectivity index (χ2v) is 8.63. The Kier molecular flexibility index (Phi) is 9.47. The molecule has 30 heavy (non-hydrogen) atoms. The zero-order valence-corrected chi connectivity index (χ0v) is 18.7. The summed E-state index contributed by atoms with van der Waals surface area (Å²) in [6, 6.07) is 4.42. The number of carbonyl (C=O) groups is 2. The van der Waals surface area contributed by atoms with E-state index >= 15 is 0 Å². The number of unbranched alkanes of at least 4 members (excludes halogenated alkanes) is 8. The van der Waals surface area contributed by atoms with Crippen LogP contribution in [0.15, 0.2) is 18.2 Å². The quantitative estimate of drug-likeness (QED) is 0.404. The van der Waals surface area contributed by atoms with Gasteiger partial charge in [-0.3, -0.25) is 4.79 Å². The molecule has 1 atom stereocenters. The highest BCUT2D eigenvalue weighted by Crippen LogP contribution is 2.39. The number of fused-ring (bicyclic) bond motifs is 1. The lowest BCUT2D eigenvalue weighted by molar-refractivity contribution is -0.141. The van der Waals surface area contributed by atoms with E-state index in [1.165, 1.54) is 38.5 Å². The first-order valence-electron chi connectivity index (χ1n) is 11.3. The number of rotatable bonds is 14. The molecule has 1 amide bonds. The summed E-state index contributed by atoms with van der Waals surface area (Å²) < 4.78 is 11.4. The van der Waals surface area contributed by atoms with Gasteiger partial charge in [0.2, 0.25) is 11.7 Å². The van der Waals surface area contributed by atoms with Crippen LogP contribution in [-0.2, 0) is 16.0 Å². The fraction of sp³-hybridized carbons (Fsp3) is 0.667. The molecule has 2 N–H and O–H groups in total. The van der Waals surface area contributed by atoms with Crippen molar-refractivity contribution in [1.82, 2.24) is 5.32 Å². The van der Waals surface area contributed by atoms with Crippen molar-refractivity contribution in [2.24, 2.45) is 0 Å². The lowest BCUT2D eigenvalue weighted by Gasteiger charge is -2.16. The van der Waals surface area contributed by atoms with E-state index in [-0.39, 0.29) is 12.3 Å². The van der Waals surface area contributed by atoms with Crippen molar-refractivity contribution in [3.63, 3.8) is 0 Å². The van der Waals surface area contributed by atoms with E-state index < -0.39 is 17.8 Å². The highest BCUT2D eigenvalue weighted by molar-refractivity contribution is 5.83. The topological polar surface area (TPSA) is 84.9 Å². The predicted molar refractivity (Wildman–Crippen MR) is 117 cm³/mol. The standard InChI is InChI=1S/C24H37NO5/c1-4-5-6-7-8-9-10-11-12-13-22(26)25-19(23(27)28)16-18-14-15-20-21(17-18)30-24(2,3)29-20/h14-15,17,19H,4-13,16H2,1-3H3,(H,25,26)(H,27,28)/t19-/m0/s1. The highest BCUT2D eigenvalue weighted by Gasteiger charge is 2.32. The maximum Gasteiger partial charge on any atom is 0.326 e. The van der Waals surface area contributed by atoms with E-state index in [0.717, 1.165) is 24.8 Å². The lowest BCUT2D eigenvalue weighted by Crippen LogP contribution is -2.42. The van der Waals surface area contributed by atoms with E-state index in [9.17, 15) is 14.7 Å². The Morgan fingerprint density at radius 1 is 0.967 bits per heavy atom. The van der Waals surface area contributed by atoms with E-state index in [1.54, 1.807) is 12.1 Å². The smallest absolute Gasteiger partial charge is 0.326 e. The molecule has 0 spiro atoms. The zero-order valence-electron chi connectivity index (χ0n) is 18.7. The number of hydrogen-bond donors (Lipinski definition) is 2. The molecule has 168 valence electrons. The molecule has 6 nitrogen and oxygen atoms in total. The summed E-state index contributed by atoms with van der Waals surface area (Å²) in [4.78, 5) is 23.8. The Bertz CT molecular complexity index is 701. The minimum Gasteiger partial charge on any atom is -0.480 e. The van der Waals surface area contributed by atoms with Gasteiger partial charge in [0, 0.05) is 26.7 Å². The first-order valence-corrected chi connectivity index (χ1v) is 11.3. The Hall–Kier alpha value is -2.24. The summed E-state index contributed by atoms with van der Waals surface area (Å²) in [7, 11) is 0. The predicted octanol–water partition coefficient (Wildman–Crippen LogP) is 5.23. The molecule has 0 radical (unpaired) electrons. The summed E-state index contributed by atoms with van der Waals surface area (Å²) in [6.07, 6.45) is 11.2. The number of aliphatic carboxylic acids is 1. The third-order valence-electron chi connectivity index (χ3n) is 5.30. The molecular formula is C24H37NO5. The van der Waals surface area contributed by atoms with Crippen molar-refractivity contribution in [2.45, 2.75) is 103 Å².